The normalized spacial score (nSPS) is 20.5. The Kier molecular flexibility index (Phi) is 2.43. The van der Waals surface area contributed by atoms with E-state index in [-0.39, 0.29) is 0 Å². The number of hydroxylamine groups is 2. The van der Waals surface area contributed by atoms with E-state index in [1.54, 1.807) is 0 Å². The Hall–Kier alpha value is -1.58. The first kappa shape index (κ1) is 12.5. The summed E-state index contributed by atoms with van der Waals surface area (Å²) in [5.41, 5.74) is 2.42. The topological polar surface area (TPSA) is 28.1 Å². The molecule has 2 heterocycles. The van der Waals surface area contributed by atoms with Crippen LogP contribution in [0.25, 0.3) is 5.69 Å². The lowest BCUT2D eigenvalue weighted by Crippen LogP contribution is -2.41. The zero-order valence-electron chi connectivity index (χ0n) is 11.8. The Morgan fingerprint density at radius 2 is 1.32 bits per heavy atom. The summed E-state index contributed by atoms with van der Waals surface area (Å²) >= 11 is 0. The molecule has 0 atom stereocenters. The van der Waals surface area contributed by atoms with Gasteiger partial charge in [-0.25, -0.2) is 0 Å². The molecule has 1 aliphatic heterocycles. The highest BCUT2D eigenvalue weighted by Gasteiger charge is 2.51. The van der Waals surface area contributed by atoms with Crippen LogP contribution in [0, 0.1) is 0 Å². The van der Waals surface area contributed by atoms with Crippen molar-refractivity contribution in [1.29, 1.82) is 0 Å². The number of para-hydroxylation sites is 1. The predicted molar refractivity (Wildman–Crippen MR) is 74.3 cm³/mol. The molecule has 0 aliphatic carbocycles. The van der Waals surface area contributed by atoms with Crippen LogP contribution in [0.2, 0.25) is 0 Å². The molecule has 3 nitrogen and oxygen atoms in total. The lowest BCUT2D eigenvalue weighted by molar-refractivity contribution is -0.266. The molecular formula is C16H19N2O. The van der Waals surface area contributed by atoms with Crippen LogP contribution in [0.15, 0.2) is 42.7 Å². The second-order valence-electron chi connectivity index (χ2n) is 6.24. The first-order chi connectivity index (χ1) is 8.85. The van der Waals surface area contributed by atoms with E-state index in [4.69, 9.17) is 0 Å². The van der Waals surface area contributed by atoms with Crippen molar-refractivity contribution in [2.75, 3.05) is 0 Å². The van der Waals surface area contributed by atoms with Gasteiger partial charge >= 0.3 is 0 Å². The minimum atomic E-state index is -0.473. The van der Waals surface area contributed by atoms with Crippen LogP contribution in [0.3, 0.4) is 0 Å². The molecule has 19 heavy (non-hydrogen) atoms. The zero-order chi connectivity index (χ0) is 13.8. The zero-order valence-corrected chi connectivity index (χ0v) is 11.8. The molecule has 0 fully saturated rings. The lowest BCUT2D eigenvalue weighted by Gasteiger charge is -2.33. The van der Waals surface area contributed by atoms with Crippen molar-refractivity contribution in [3.8, 4) is 5.69 Å². The number of fused-ring (bicyclic) bond motifs is 1. The summed E-state index contributed by atoms with van der Waals surface area (Å²) in [6, 6.07) is 10.2. The van der Waals surface area contributed by atoms with Gasteiger partial charge in [-0.05, 0) is 51.0 Å². The summed E-state index contributed by atoms with van der Waals surface area (Å²) in [5.74, 6) is 0. The fraction of sp³-hybridized carbons (Fsp3) is 0.375. The summed E-state index contributed by atoms with van der Waals surface area (Å²) in [6.07, 6.45) is 4.18. The Morgan fingerprint density at radius 3 is 1.79 bits per heavy atom. The van der Waals surface area contributed by atoms with Crippen molar-refractivity contribution < 1.29 is 5.21 Å². The van der Waals surface area contributed by atoms with E-state index < -0.39 is 11.1 Å². The Labute approximate surface area is 114 Å². The number of hydrogen-bond donors (Lipinski definition) is 0. The molecule has 3 heteroatoms. The summed E-state index contributed by atoms with van der Waals surface area (Å²) in [4.78, 5) is 0. The second-order valence-corrected chi connectivity index (χ2v) is 6.24. The fourth-order valence-corrected chi connectivity index (χ4v) is 3.10. The van der Waals surface area contributed by atoms with Crippen molar-refractivity contribution in [2.24, 2.45) is 0 Å². The van der Waals surface area contributed by atoms with Crippen LogP contribution in [0.5, 0.6) is 0 Å². The molecule has 99 valence electrons. The van der Waals surface area contributed by atoms with E-state index in [9.17, 15) is 5.21 Å². The van der Waals surface area contributed by atoms with Gasteiger partial charge in [0.05, 0.1) is 11.1 Å². The van der Waals surface area contributed by atoms with Gasteiger partial charge in [0.2, 0.25) is 0 Å². The SMILES string of the molecule is CC1(C)c2cn(-c3ccccc3)cc2C(C)(C)N1[O]. The number of rotatable bonds is 1. The van der Waals surface area contributed by atoms with Crippen molar-refractivity contribution >= 4 is 0 Å². The van der Waals surface area contributed by atoms with E-state index in [1.807, 2.05) is 45.9 Å². The minimum Gasteiger partial charge on any atom is -0.323 e. The summed E-state index contributed by atoms with van der Waals surface area (Å²) < 4.78 is 2.11. The highest BCUT2D eigenvalue weighted by Crippen LogP contribution is 2.48. The summed E-state index contributed by atoms with van der Waals surface area (Å²) in [6.45, 7) is 7.96. The van der Waals surface area contributed by atoms with Crippen LogP contribution in [0.1, 0.15) is 38.8 Å². The van der Waals surface area contributed by atoms with Gasteiger partial charge in [-0.15, -0.1) is 10.3 Å². The first-order valence-electron chi connectivity index (χ1n) is 6.61. The van der Waals surface area contributed by atoms with Crippen LogP contribution in [-0.4, -0.2) is 9.63 Å². The molecule has 0 spiro atoms. The third kappa shape index (κ3) is 1.58. The maximum atomic E-state index is 12.4. The smallest absolute Gasteiger partial charge is 0.0714 e. The van der Waals surface area contributed by atoms with E-state index in [0.29, 0.717) is 0 Å². The van der Waals surface area contributed by atoms with E-state index >= 15 is 0 Å². The number of nitrogens with zero attached hydrogens (tertiary/aromatic N) is 2. The molecule has 0 bridgehead atoms. The maximum Gasteiger partial charge on any atom is 0.0714 e. The van der Waals surface area contributed by atoms with Gasteiger partial charge in [-0.3, -0.25) is 0 Å². The van der Waals surface area contributed by atoms with Crippen molar-refractivity contribution in [3.63, 3.8) is 0 Å². The summed E-state index contributed by atoms with van der Waals surface area (Å²) in [5, 5.41) is 13.6. The molecule has 3 rings (SSSR count). The van der Waals surface area contributed by atoms with E-state index in [1.165, 1.54) is 5.06 Å². The van der Waals surface area contributed by atoms with E-state index in [0.717, 1.165) is 16.8 Å². The summed E-state index contributed by atoms with van der Waals surface area (Å²) in [7, 11) is 0. The molecule has 1 aromatic carbocycles. The average Bonchev–Trinajstić information content (AvgIpc) is 2.89. The maximum absolute atomic E-state index is 12.4. The third-order valence-electron chi connectivity index (χ3n) is 4.21. The highest BCUT2D eigenvalue weighted by atomic mass is 16.5. The first-order valence-corrected chi connectivity index (χ1v) is 6.61. The minimum absolute atomic E-state index is 0.473. The Bertz CT molecular complexity index is 577. The predicted octanol–water partition coefficient (Wildman–Crippen LogP) is 3.61. The Balaban J connectivity index is 2.16. The molecular weight excluding hydrogens is 236 g/mol. The molecule has 0 unspecified atom stereocenters. The van der Waals surface area contributed by atoms with Gasteiger partial charge in [0.25, 0.3) is 0 Å². The van der Waals surface area contributed by atoms with Gasteiger partial charge in [0.15, 0.2) is 0 Å². The molecule has 0 amide bonds. The van der Waals surface area contributed by atoms with Gasteiger partial charge in [-0.1, -0.05) is 18.2 Å². The van der Waals surface area contributed by atoms with Gasteiger partial charge in [-0.2, -0.15) is 0 Å². The van der Waals surface area contributed by atoms with Crippen molar-refractivity contribution in [2.45, 2.75) is 38.8 Å². The van der Waals surface area contributed by atoms with Gasteiger partial charge in [0.1, 0.15) is 0 Å². The highest BCUT2D eigenvalue weighted by molar-refractivity contribution is 5.45. The van der Waals surface area contributed by atoms with Crippen molar-refractivity contribution in [1.82, 2.24) is 9.63 Å². The molecule has 0 saturated heterocycles. The fourth-order valence-electron chi connectivity index (χ4n) is 3.10. The standard InChI is InChI=1S/C16H19N2O/c1-15(2)13-10-17(12-8-6-5-7-9-12)11-14(13)16(3,4)18(15)19/h5-11H,1-4H3. The van der Waals surface area contributed by atoms with Gasteiger partial charge in [0, 0.05) is 18.1 Å². The molecule has 0 N–H and O–H groups in total. The molecule has 1 aliphatic rings. The third-order valence-corrected chi connectivity index (χ3v) is 4.21. The van der Waals surface area contributed by atoms with Gasteiger partial charge < -0.3 is 4.57 Å². The van der Waals surface area contributed by atoms with Crippen LogP contribution in [0.4, 0.5) is 0 Å². The monoisotopic (exact) mass is 255 g/mol. The number of benzene rings is 1. The largest absolute Gasteiger partial charge is 0.323 e. The van der Waals surface area contributed by atoms with Crippen molar-refractivity contribution in [3.05, 3.63) is 53.9 Å². The van der Waals surface area contributed by atoms with E-state index in [2.05, 4.69) is 29.1 Å². The molecule has 0 saturated carbocycles. The molecule has 1 aromatic heterocycles. The second kappa shape index (κ2) is 3.71. The van der Waals surface area contributed by atoms with Crippen LogP contribution >= 0.6 is 0 Å². The average molecular weight is 255 g/mol. The van der Waals surface area contributed by atoms with Crippen LogP contribution < -0.4 is 0 Å². The lowest BCUT2D eigenvalue weighted by atomic mass is 9.95. The van der Waals surface area contributed by atoms with Crippen LogP contribution in [-0.2, 0) is 16.3 Å². The molecule has 2 aromatic rings. The Morgan fingerprint density at radius 1 is 0.842 bits per heavy atom. The molecule has 1 radical (unpaired) electrons. The number of aromatic nitrogens is 1. The quantitative estimate of drug-likeness (QED) is 0.765. The number of hydrogen-bond acceptors (Lipinski definition) is 1.